The maximum atomic E-state index is 6.78. The summed E-state index contributed by atoms with van der Waals surface area (Å²) >= 11 is 0. The van der Waals surface area contributed by atoms with Crippen molar-refractivity contribution in [2.75, 3.05) is 6.66 Å². The normalized spacial score (nSPS) is 27.2. The first-order valence-corrected chi connectivity index (χ1v) is 16.1. The van der Waals surface area contributed by atoms with Crippen LogP contribution in [-0.2, 0) is 5.06 Å². The van der Waals surface area contributed by atoms with Gasteiger partial charge in [0.2, 0.25) is 0 Å². The average Bonchev–Trinajstić information content (AvgIpc) is 3.57. The van der Waals surface area contributed by atoms with Gasteiger partial charge in [-0.2, -0.15) is 0 Å². The SMILES string of the molecule is [B][C@]1(c2ccccc2)CC[C@H](c2ccccc2)P1C.c1ccc([C@H]2CC[C@H](c3ccccc3)P2)cc1. The van der Waals surface area contributed by atoms with Crippen LogP contribution in [0.15, 0.2) is 121 Å². The van der Waals surface area contributed by atoms with Crippen molar-refractivity contribution in [3.8, 4) is 0 Å². The van der Waals surface area contributed by atoms with Crippen molar-refractivity contribution < 1.29 is 0 Å². The van der Waals surface area contributed by atoms with Gasteiger partial charge in [-0.25, -0.2) is 0 Å². The monoisotopic (exact) mass is 504 g/mol. The Bertz CT molecular complexity index is 1150. The third kappa shape index (κ3) is 5.69. The predicted octanol–water partition coefficient (Wildman–Crippen LogP) is 9.60. The maximum Gasteiger partial charge on any atom is 0.0874 e. The van der Waals surface area contributed by atoms with Crippen molar-refractivity contribution in [1.29, 1.82) is 0 Å². The Kier molecular flexibility index (Phi) is 8.41. The first kappa shape index (κ1) is 25.5. The van der Waals surface area contributed by atoms with E-state index in [1.165, 1.54) is 41.5 Å². The average molecular weight is 504 g/mol. The molecule has 1 unspecified atom stereocenters. The van der Waals surface area contributed by atoms with Gasteiger partial charge in [0.25, 0.3) is 0 Å². The van der Waals surface area contributed by atoms with E-state index in [0.717, 1.165) is 26.3 Å². The number of hydrogen-bond acceptors (Lipinski definition) is 0. The third-order valence-electron chi connectivity index (χ3n) is 7.90. The molecule has 0 N–H and O–H groups in total. The summed E-state index contributed by atoms with van der Waals surface area (Å²) in [6.07, 6.45) is 5.00. The standard InChI is InChI=1S/C17H18BP.C16H17P/c1-19-16(14-8-4-2-5-9-14)12-13-17(19,18)15-10-6-3-7-11-15;1-3-7-13(8-4-1)15-11-12-16(17-15)14-9-5-2-6-10-14/h2-11,16H,12-13H2,1H3;1-10,15-17H,11-12H2/t16-,17-,19?;15-,16-/m11/s1. The minimum atomic E-state index is -0.249. The molecule has 0 bridgehead atoms. The molecule has 2 fully saturated rings. The minimum absolute atomic E-state index is 0.114. The molecule has 4 aromatic carbocycles. The number of benzene rings is 4. The Hall–Kier alpha value is -2.20. The fraction of sp³-hybridized carbons (Fsp3) is 0.273. The molecule has 2 aliphatic rings. The first-order valence-electron chi connectivity index (χ1n) is 13.1. The van der Waals surface area contributed by atoms with E-state index in [-0.39, 0.29) is 13.0 Å². The number of hydrogen-bond donors (Lipinski definition) is 0. The Labute approximate surface area is 221 Å². The van der Waals surface area contributed by atoms with Crippen LogP contribution >= 0.6 is 16.5 Å². The summed E-state index contributed by atoms with van der Waals surface area (Å²) in [7, 11) is 7.58. The summed E-state index contributed by atoms with van der Waals surface area (Å²) in [4.78, 5) is 0. The van der Waals surface area contributed by atoms with E-state index < -0.39 is 0 Å². The second kappa shape index (κ2) is 11.9. The van der Waals surface area contributed by atoms with E-state index in [4.69, 9.17) is 7.85 Å². The number of rotatable bonds is 4. The van der Waals surface area contributed by atoms with Crippen LogP contribution in [0.1, 0.15) is 64.9 Å². The van der Waals surface area contributed by atoms with Gasteiger partial charge in [0.05, 0.1) is 7.85 Å². The van der Waals surface area contributed by atoms with Gasteiger partial charge in [-0.05, 0) is 59.7 Å². The fourth-order valence-corrected chi connectivity index (χ4v) is 10.4. The van der Waals surface area contributed by atoms with Gasteiger partial charge in [0.15, 0.2) is 0 Å². The van der Waals surface area contributed by atoms with Crippen LogP contribution in [0.25, 0.3) is 0 Å². The Morgan fingerprint density at radius 3 is 1.50 bits per heavy atom. The molecule has 0 saturated carbocycles. The summed E-state index contributed by atoms with van der Waals surface area (Å²) in [5, 5.41) is -0.114. The highest BCUT2D eigenvalue weighted by molar-refractivity contribution is 7.60. The molecule has 2 heterocycles. The van der Waals surface area contributed by atoms with E-state index in [0.29, 0.717) is 5.66 Å². The van der Waals surface area contributed by atoms with Crippen molar-refractivity contribution in [3.05, 3.63) is 144 Å². The lowest BCUT2D eigenvalue weighted by atomic mass is 9.76. The molecule has 0 aliphatic carbocycles. The highest BCUT2D eigenvalue weighted by Gasteiger charge is 2.42. The molecule has 0 aromatic heterocycles. The Morgan fingerprint density at radius 2 is 1.03 bits per heavy atom. The van der Waals surface area contributed by atoms with Gasteiger partial charge in [-0.15, -0.1) is 16.5 Å². The predicted molar refractivity (Wildman–Crippen MR) is 161 cm³/mol. The van der Waals surface area contributed by atoms with Crippen molar-refractivity contribution in [2.24, 2.45) is 0 Å². The molecule has 2 radical (unpaired) electrons. The highest BCUT2D eigenvalue weighted by atomic mass is 31.1. The second-order valence-electron chi connectivity index (χ2n) is 10.0. The van der Waals surface area contributed by atoms with Crippen LogP contribution in [0.4, 0.5) is 0 Å². The molecule has 0 spiro atoms. The van der Waals surface area contributed by atoms with E-state index in [1.807, 2.05) is 0 Å². The topological polar surface area (TPSA) is 0 Å². The van der Waals surface area contributed by atoms with Gasteiger partial charge >= 0.3 is 0 Å². The molecule has 4 aromatic rings. The molecule has 0 amide bonds. The van der Waals surface area contributed by atoms with Crippen LogP contribution < -0.4 is 0 Å². The van der Waals surface area contributed by atoms with E-state index >= 15 is 0 Å². The van der Waals surface area contributed by atoms with Gasteiger partial charge < -0.3 is 0 Å². The van der Waals surface area contributed by atoms with E-state index in [2.05, 4.69) is 128 Å². The van der Waals surface area contributed by atoms with Gasteiger partial charge in [0.1, 0.15) is 0 Å². The third-order valence-corrected chi connectivity index (χ3v) is 13.2. The molecule has 180 valence electrons. The molecule has 36 heavy (non-hydrogen) atoms. The lowest BCUT2D eigenvalue weighted by Crippen LogP contribution is -2.20. The van der Waals surface area contributed by atoms with Gasteiger partial charge in [-0.3, -0.25) is 0 Å². The Balaban J connectivity index is 0.000000149. The van der Waals surface area contributed by atoms with Crippen LogP contribution in [0.5, 0.6) is 0 Å². The summed E-state index contributed by atoms with van der Waals surface area (Å²) in [6.45, 7) is 2.37. The van der Waals surface area contributed by atoms with Crippen molar-refractivity contribution in [3.63, 3.8) is 0 Å². The molecular weight excluding hydrogens is 469 g/mol. The molecule has 2 aliphatic heterocycles. The molecule has 2 saturated heterocycles. The van der Waals surface area contributed by atoms with Crippen LogP contribution in [0, 0.1) is 0 Å². The van der Waals surface area contributed by atoms with Gasteiger partial charge in [0, 0.05) is 17.0 Å². The summed E-state index contributed by atoms with van der Waals surface area (Å²) < 4.78 is 0. The van der Waals surface area contributed by atoms with Crippen LogP contribution in [0.3, 0.4) is 0 Å². The van der Waals surface area contributed by atoms with Crippen LogP contribution in [-0.4, -0.2) is 14.5 Å². The minimum Gasteiger partial charge on any atom is -0.107 e. The zero-order valence-corrected chi connectivity index (χ0v) is 23.0. The summed E-state index contributed by atoms with van der Waals surface area (Å²) in [5.74, 6) is 0. The van der Waals surface area contributed by atoms with Crippen molar-refractivity contribution >= 4 is 24.3 Å². The van der Waals surface area contributed by atoms with E-state index in [9.17, 15) is 0 Å². The molecule has 0 nitrogen and oxygen atoms in total. The highest BCUT2D eigenvalue weighted by Crippen LogP contribution is 2.70. The maximum absolute atomic E-state index is 6.78. The molecule has 3 heteroatoms. The summed E-state index contributed by atoms with van der Waals surface area (Å²) in [6, 6.07) is 43.5. The van der Waals surface area contributed by atoms with Gasteiger partial charge in [-0.1, -0.05) is 121 Å². The van der Waals surface area contributed by atoms with Crippen molar-refractivity contribution in [1.82, 2.24) is 0 Å². The lowest BCUT2D eigenvalue weighted by molar-refractivity contribution is 0.725. The molecule has 6 rings (SSSR count). The largest absolute Gasteiger partial charge is 0.107 e. The summed E-state index contributed by atoms with van der Waals surface area (Å²) in [5.41, 5.74) is 8.05. The quantitative estimate of drug-likeness (QED) is 0.192. The zero-order chi connectivity index (χ0) is 24.8. The fourth-order valence-electron chi connectivity index (χ4n) is 5.78. The Morgan fingerprint density at radius 1 is 0.611 bits per heavy atom. The smallest absolute Gasteiger partial charge is 0.0874 e. The first-order chi connectivity index (χ1) is 17.6. The van der Waals surface area contributed by atoms with Crippen molar-refractivity contribution in [2.45, 2.75) is 47.7 Å². The lowest BCUT2D eigenvalue weighted by Gasteiger charge is -2.33. The van der Waals surface area contributed by atoms with Crippen LogP contribution in [0.2, 0.25) is 0 Å². The second-order valence-corrected chi connectivity index (χ2v) is 14.4. The molecule has 5 atom stereocenters. The zero-order valence-electron chi connectivity index (χ0n) is 21.1. The molecular formula is C33H35BP2. The van der Waals surface area contributed by atoms with E-state index in [1.54, 1.807) is 0 Å².